The summed E-state index contributed by atoms with van der Waals surface area (Å²) in [5, 5.41) is 6.29. The number of rotatable bonds is 2. The van der Waals surface area contributed by atoms with Crippen molar-refractivity contribution in [2.75, 3.05) is 11.1 Å². The molecule has 2 rings (SSSR count). The van der Waals surface area contributed by atoms with Crippen molar-refractivity contribution < 1.29 is 9.18 Å². The van der Waals surface area contributed by atoms with Crippen molar-refractivity contribution in [3.63, 3.8) is 0 Å². The number of thiophene rings is 1. The van der Waals surface area contributed by atoms with E-state index in [-0.39, 0.29) is 17.2 Å². The summed E-state index contributed by atoms with van der Waals surface area (Å²) in [5.74, 6) is -0.935. The van der Waals surface area contributed by atoms with Crippen molar-refractivity contribution in [2.45, 2.75) is 0 Å². The number of nitrogens with two attached hydrogens (primary N) is 1. The minimum absolute atomic E-state index is 0.0343. The number of hydrogen-bond donors (Lipinski definition) is 2. The summed E-state index contributed by atoms with van der Waals surface area (Å²) in [4.78, 5) is 11.7. The number of nitrogen functional groups attached to an aromatic ring is 1. The molecule has 16 heavy (non-hydrogen) atoms. The van der Waals surface area contributed by atoms with E-state index >= 15 is 0 Å². The van der Waals surface area contributed by atoms with Gasteiger partial charge in [-0.3, -0.25) is 4.79 Å². The second-order valence-corrected chi connectivity index (χ2v) is 3.98. The van der Waals surface area contributed by atoms with Gasteiger partial charge in [-0.05, 0) is 29.6 Å². The molecule has 0 saturated heterocycles. The van der Waals surface area contributed by atoms with E-state index in [0.717, 1.165) is 6.07 Å². The molecule has 0 aliphatic heterocycles. The molecule has 2 aromatic rings. The van der Waals surface area contributed by atoms with Crippen molar-refractivity contribution in [3.05, 3.63) is 46.4 Å². The fourth-order valence-electron chi connectivity index (χ4n) is 1.21. The fourth-order valence-corrected chi connectivity index (χ4v) is 1.80. The van der Waals surface area contributed by atoms with Crippen LogP contribution in [0.25, 0.3) is 0 Å². The molecule has 0 radical (unpaired) electrons. The molecular weight excluding hydrogens is 227 g/mol. The van der Waals surface area contributed by atoms with Crippen LogP contribution in [0.2, 0.25) is 0 Å². The maximum atomic E-state index is 13.1. The Bertz CT molecular complexity index is 511. The van der Waals surface area contributed by atoms with E-state index in [4.69, 9.17) is 5.73 Å². The zero-order valence-corrected chi connectivity index (χ0v) is 9.05. The van der Waals surface area contributed by atoms with Crippen LogP contribution in [0, 0.1) is 5.82 Å². The molecule has 82 valence electrons. The van der Waals surface area contributed by atoms with Gasteiger partial charge in [-0.15, -0.1) is 0 Å². The SMILES string of the molecule is Nc1ccc(C(=O)Nc2ccsc2)cc1F. The first-order valence-corrected chi connectivity index (χ1v) is 5.49. The first-order chi connectivity index (χ1) is 7.66. The first kappa shape index (κ1) is 10.6. The number of halogens is 1. The van der Waals surface area contributed by atoms with Gasteiger partial charge < -0.3 is 11.1 Å². The van der Waals surface area contributed by atoms with Crippen molar-refractivity contribution in [1.82, 2.24) is 0 Å². The largest absolute Gasteiger partial charge is 0.396 e. The summed E-state index contributed by atoms with van der Waals surface area (Å²) in [7, 11) is 0. The van der Waals surface area contributed by atoms with Gasteiger partial charge in [-0.25, -0.2) is 4.39 Å². The molecule has 0 spiro atoms. The number of benzene rings is 1. The van der Waals surface area contributed by atoms with Gasteiger partial charge in [0.2, 0.25) is 0 Å². The number of carbonyl (C=O) groups excluding carboxylic acids is 1. The van der Waals surface area contributed by atoms with Gasteiger partial charge in [0.15, 0.2) is 0 Å². The van der Waals surface area contributed by atoms with Gasteiger partial charge in [-0.1, -0.05) is 0 Å². The number of hydrogen-bond acceptors (Lipinski definition) is 3. The molecular formula is C11H9FN2OS. The second kappa shape index (κ2) is 4.32. The normalized spacial score (nSPS) is 10.1. The van der Waals surface area contributed by atoms with E-state index in [9.17, 15) is 9.18 Å². The van der Waals surface area contributed by atoms with E-state index in [2.05, 4.69) is 5.32 Å². The molecule has 0 fully saturated rings. The van der Waals surface area contributed by atoms with E-state index < -0.39 is 5.82 Å². The Hall–Kier alpha value is -1.88. The van der Waals surface area contributed by atoms with Gasteiger partial charge in [0.25, 0.3) is 5.91 Å². The Morgan fingerprint density at radius 1 is 1.38 bits per heavy atom. The Balaban J connectivity index is 2.18. The monoisotopic (exact) mass is 236 g/mol. The third kappa shape index (κ3) is 2.20. The summed E-state index contributed by atoms with van der Waals surface area (Å²) in [6.45, 7) is 0. The van der Waals surface area contributed by atoms with Crippen molar-refractivity contribution in [2.24, 2.45) is 0 Å². The van der Waals surface area contributed by atoms with Crippen LogP contribution in [0.1, 0.15) is 10.4 Å². The Morgan fingerprint density at radius 2 is 2.19 bits per heavy atom. The van der Waals surface area contributed by atoms with E-state index in [1.54, 1.807) is 11.4 Å². The third-order valence-electron chi connectivity index (χ3n) is 2.04. The standard InChI is InChI=1S/C11H9FN2OS/c12-9-5-7(1-2-10(9)13)11(15)14-8-3-4-16-6-8/h1-6H,13H2,(H,14,15). The predicted molar refractivity (Wildman–Crippen MR) is 63.1 cm³/mol. The van der Waals surface area contributed by atoms with Gasteiger partial charge in [-0.2, -0.15) is 11.3 Å². The molecule has 5 heteroatoms. The molecule has 0 bridgehead atoms. The van der Waals surface area contributed by atoms with Crippen LogP contribution in [0.5, 0.6) is 0 Å². The molecule has 1 aromatic carbocycles. The highest BCUT2D eigenvalue weighted by Gasteiger charge is 2.08. The lowest BCUT2D eigenvalue weighted by Crippen LogP contribution is -2.11. The third-order valence-corrected chi connectivity index (χ3v) is 2.72. The summed E-state index contributed by atoms with van der Waals surface area (Å²) < 4.78 is 13.1. The van der Waals surface area contributed by atoms with E-state index in [1.165, 1.54) is 23.5 Å². The Morgan fingerprint density at radius 3 is 2.81 bits per heavy atom. The highest BCUT2D eigenvalue weighted by atomic mass is 32.1. The summed E-state index contributed by atoms with van der Waals surface area (Å²) in [5.41, 5.74) is 6.30. The zero-order chi connectivity index (χ0) is 11.5. The second-order valence-electron chi connectivity index (χ2n) is 3.20. The maximum absolute atomic E-state index is 13.1. The Kier molecular flexibility index (Phi) is 2.87. The molecule has 1 amide bonds. The lowest BCUT2D eigenvalue weighted by Gasteiger charge is -2.03. The Labute approximate surface area is 95.7 Å². The number of anilines is 2. The van der Waals surface area contributed by atoms with Crippen LogP contribution >= 0.6 is 11.3 Å². The van der Waals surface area contributed by atoms with E-state index in [0.29, 0.717) is 5.69 Å². The van der Waals surface area contributed by atoms with Gasteiger partial charge in [0.05, 0.1) is 11.4 Å². The lowest BCUT2D eigenvalue weighted by atomic mass is 10.2. The highest BCUT2D eigenvalue weighted by Crippen LogP contribution is 2.16. The first-order valence-electron chi connectivity index (χ1n) is 4.55. The zero-order valence-electron chi connectivity index (χ0n) is 8.24. The van der Waals surface area contributed by atoms with Crippen LogP contribution in [0.3, 0.4) is 0 Å². The summed E-state index contributed by atoms with van der Waals surface area (Å²) in [6.07, 6.45) is 0. The van der Waals surface area contributed by atoms with Crippen LogP contribution < -0.4 is 11.1 Å². The molecule has 3 nitrogen and oxygen atoms in total. The minimum Gasteiger partial charge on any atom is -0.396 e. The van der Waals surface area contributed by atoms with Crippen molar-refractivity contribution in [1.29, 1.82) is 0 Å². The summed E-state index contributed by atoms with van der Waals surface area (Å²) in [6, 6.07) is 5.76. The number of nitrogens with one attached hydrogen (secondary N) is 1. The van der Waals surface area contributed by atoms with Crippen LogP contribution in [-0.2, 0) is 0 Å². The van der Waals surface area contributed by atoms with Gasteiger partial charge >= 0.3 is 0 Å². The number of carbonyl (C=O) groups is 1. The van der Waals surface area contributed by atoms with Crippen LogP contribution in [0.4, 0.5) is 15.8 Å². The minimum atomic E-state index is -0.585. The van der Waals surface area contributed by atoms with Gasteiger partial charge in [0.1, 0.15) is 5.82 Å². The molecule has 0 saturated carbocycles. The lowest BCUT2D eigenvalue weighted by molar-refractivity contribution is 0.102. The highest BCUT2D eigenvalue weighted by molar-refractivity contribution is 7.08. The average Bonchev–Trinajstić information content (AvgIpc) is 2.74. The fraction of sp³-hybridized carbons (Fsp3) is 0. The number of amides is 1. The van der Waals surface area contributed by atoms with Crippen LogP contribution in [-0.4, -0.2) is 5.91 Å². The van der Waals surface area contributed by atoms with E-state index in [1.807, 2.05) is 5.38 Å². The molecule has 0 aliphatic carbocycles. The quantitative estimate of drug-likeness (QED) is 0.788. The van der Waals surface area contributed by atoms with Crippen molar-refractivity contribution >= 4 is 28.6 Å². The molecule has 0 aliphatic rings. The molecule has 1 aromatic heterocycles. The smallest absolute Gasteiger partial charge is 0.255 e. The van der Waals surface area contributed by atoms with Crippen LogP contribution in [0.15, 0.2) is 35.0 Å². The van der Waals surface area contributed by atoms with Gasteiger partial charge in [0, 0.05) is 10.9 Å². The summed E-state index contributed by atoms with van der Waals surface area (Å²) >= 11 is 1.47. The predicted octanol–water partition coefficient (Wildman–Crippen LogP) is 2.72. The van der Waals surface area contributed by atoms with Crippen molar-refractivity contribution in [3.8, 4) is 0 Å². The molecule has 0 atom stereocenters. The average molecular weight is 236 g/mol. The topological polar surface area (TPSA) is 55.1 Å². The molecule has 0 unspecified atom stereocenters. The maximum Gasteiger partial charge on any atom is 0.255 e. The molecule has 1 heterocycles. The molecule has 3 N–H and O–H groups in total.